The second-order valence-corrected chi connectivity index (χ2v) is 14.6. The first kappa shape index (κ1) is 48.2. The van der Waals surface area contributed by atoms with Gasteiger partial charge in [0.25, 0.3) is 0 Å². The summed E-state index contributed by atoms with van der Waals surface area (Å²) in [6.07, 6.45) is 38.9. The third-order valence-corrected chi connectivity index (χ3v) is 9.23. The van der Waals surface area contributed by atoms with Crippen LogP contribution in [-0.4, -0.2) is 49.3 Å². The number of allylic oxidation sites excluding steroid dienone is 6. The Balaban J connectivity index is 4.25. The molecule has 0 rings (SSSR count). The van der Waals surface area contributed by atoms with Gasteiger partial charge in [-0.2, -0.15) is 0 Å². The summed E-state index contributed by atoms with van der Waals surface area (Å²) in [7, 11) is -4.38. The highest BCUT2D eigenvalue weighted by molar-refractivity contribution is 7.47. The van der Waals surface area contributed by atoms with Gasteiger partial charge in [-0.15, -0.1) is 0 Å². The van der Waals surface area contributed by atoms with Crippen molar-refractivity contribution < 1.29 is 37.6 Å². The van der Waals surface area contributed by atoms with Crippen molar-refractivity contribution >= 4 is 19.8 Å². The van der Waals surface area contributed by atoms with Gasteiger partial charge in [0.2, 0.25) is 0 Å². The molecule has 0 aliphatic heterocycles. The average Bonchev–Trinajstić information content (AvgIpc) is 3.10. The number of rotatable bonds is 37. The number of esters is 2. The molecule has 50 heavy (non-hydrogen) atoms. The summed E-state index contributed by atoms with van der Waals surface area (Å²) in [5.74, 6) is -0.864. The van der Waals surface area contributed by atoms with E-state index in [1.165, 1.54) is 64.2 Å². The molecule has 0 aromatic heterocycles. The maximum absolute atomic E-state index is 12.5. The molecule has 0 aliphatic carbocycles. The van der Waals surface area contributed by atoms with E-state index < -0.39 is 32.5 Å². The summed E-state index contributed by atoms with van der Waals surface area (Å²) >= 11 is 0. The molecule has 0 heterocycles. The molecule has 2 atom stereocenters. The Morgan fingerprint density at radius 1 is 0.600 bits per heavy atom. The zero-order valence-corrected chi connectivity index (χ0v) is 32.8. The van der Waals surface area contributed by atoms with Gasteiger partial charge in [0, 0.05) is 19.4 Å². The first-order valence-electron chi connectivity index (χ1n) is 20.0. The van der Waals surface area contributed by atoms with E-state index in [4.69, 9.17) is 24.3 Å². The van der Waals surface area contributed by atoms with Crippen LogP contribution in [0.2, 0.25) is 0 Å². The molecule has 0 spiro atoms. The van der Waals surface area contributed by atoms with Gasteiger partial charge in [-0.25, -0.2) is 4.57 Å². The summed E-state index contributed by atoms with van der Waals surface area (Å²) in [5, 5.41) is 0. The Hall–Kier alpha value is -1.77. The zero-order valence-electron chi connectivity index (χ0n) is 31.9. The lowest BCUT2D eigenvalue weighted by molar-refractivity contribution is -0.161. The van der Waals surface area contributed by atoms with Crippen molar-refractivity contribution in [3.8, 4) is 0 Å². The molecule has 0 aliphatic rings. The van der Waals surface area contributed by atoms with Crippen LogP contribution >= 0.6 is 7.82 Å². The van der Waals surface area contributed by atoms with Crippen molar-refractivity contribution in [3.63, 3.8) is 0 Å². The van der Waals surface area contributed by atoms with E-state index in [2.05, 4.69) is 50.3 Å². The van der Waals surface area contributed by atoms with Crippen molar-refractivity contribution in [3.05, 3.63) is 36.5 Å². The molecule has 0 radical (unpaired) electrons. The van der Waals surface area contributed by atoms with Gasteiger partial charge in [0.1, 0.15) is 6.61 Å². The van der Waals surface area contributed by atoms with Gasteiger partial charge in [0.15, 0.2) is 6.10 Å². The lowest BCUT2D eigenvalue weighted by atomic mass is 10.1. The van der Waals surface area contributed by atoms with Crippen LogP contribution in [0.3, 0.4) is 0 Å². The molecular formula is C40H74NO8P. The molecule has 1 unspecified atom stereocenters. The van der Waals surface area contributed by atoms with Crippen molar-refractivity contribution in [1.82, 2.24) is 0 Å². The second-order valence-electron chi connectivity index (χ2n) is 13.1. The maximum atomic E-state index is 12.5. The van der Waals surface area contributed by atoms with Gasteiger partial charge in [-0.3, -0.25) is 18.6 Å². The van der Waals surface area contributed by atoms with Gasteiger partial charge in [-0.1, -0.05) is 134 Å². The maximum Gasteiger partial charge on any atom is 0.472 e. The number of phosphoric ester groups is 1. The molecule has 0 aromatic carbocycles. The molecule has 0 aromatic rings. The van der Waals surface area contributed by atoms with Gasteiger partial charge in [-0.05, 0) is 64.2 Å². The Kier molecular flexibility index (Phi) is 35.7. The van der Waals surface area contributed by atoms with Crippen LogP contribution in [0.4, 0.5) is 0 Å². The largest absolute Gasteiger partial charge is 0.472 e. The lowest BCUT2D eigenvalue weighted by Gasteiger charge is -2.19. The summed E-state index contributed by atoms with van der Waals surface area (Å²) in [5.41, 5.74) is 5.33. The highest BCUT2D eigenvalue weighted by Crippen LogP contribution is 2.43. The molecule has 0 saturated heterocycles. The molecule has 3 N–H and O–H groups in total. The first-order chi connectivity index (χ1) is 24.3. The third-order valence-electron chi connectivity index (χ3n) is 8.25. The van der Waals surface area contributed by atoms with Crippen LogP contribution < -0.4 is 5.73 Å². The normalized spacial score (nSPS) is 13.8. The highest BCUT2D eigenvalue weighted by Gasteiger charge is 2.25. The molecule has 0 amide bonds. The number of hydrogen-bond acceptors (Lipinski definition) is 8. The SMILES string of the molecule is CCCC/C=C/C/C=C/CCCCCCCC(=O)O[C@H](COC(=O)CCCCC/C=C/CCCCCCCCCC)COP(=O)(O)OCCN. The third kappa shape index (κ3) is 36.0. The van der Waals surface area contributed by atoms with Crippen LogP contribution in [-0.2, 0) is 32.7 Å². The predicted molar refractivity (Wildman–Crippen MR) is 206 cm³/mol. The van der Waals surface area contributed by atoms with E-state index in [1.807, 2.05) is 0 Å². The predicted octanol–water partition coefficient (Wildman–Crippen LogP) is 11.0. The average molecular weight is 728 g/mol. The molecule has 0 bridgehead atoms. The minimum absolute atomic E-state index is 0.0486. The summed E-state index contributed by atoms with van der Waals surface area (Å²) in [4.78, 5) is 34.7. The zero-order chi connectivity index (χ0) is 36.8. The fraction of sp³-hybridized carbons (Fsp3) is 0.800. The number of phosphoric acid groups is 1. The first-order valence-corrected chi connectivity index (χ1v) is 21.5. The number of hydrogen-bond donors (Lipinski definition) is 2. The minimum atomic E-state index is -4.38. The molecule has 0 fully saturated rings. The molecule has 10 heteroatoms. The minimum Gasteiger partial charge on any atom is -0.462 e. The Morgan fingerprint density at radius 3 is 1.62 bits per heavy atom. The van der Waals surface area contributed by atoms with Crippen molar-refractivity contribution in [2.45, 2.75) is 180 Å². The Morgan fingerprint density at radius 2 is 1.06 bits per heavy atom. The van der Waals surface area contributed by atoms with E-state index in [-0.39, 0.29) is 32.6 Å². The van der Waals surface area contributed by atoms with Crippen LogP contribution in [0.5, 0.6) is 0 Å². The van der Waals surface area contributed by atoms with Gasteiger partial charge in [0.05, 0.1) is 13.2 Å². The monoisotopic (exact) mass is 728 g/mol. The van der Waals surface area contributed by atoms with E-state index in [1.54, 1.807) is 0 Å². The van der Waals surface area contributed by atoms with Crippen LogP contribution in [0.25, 0.3) is 0 Å². The number of carbonyl (C=O) groups is 2. The van der Waals surface area contributed by atoms with E-state index >= 15 is 0 Å². The van der Waals surface area contributed by atoms with Crippen molar-refractivity contribution in [2.24, 2.45) is 5.73 Å². The van der Waals surface area contributed by atoms with E-state index in [9.17, 15) is 19.0 Å². The van der Waals surface area contributed by atoms with E-state index in [0.717, 1.165) is 70.6 Å². The molecule has 292 valence electrons. The molecule has 9 nitrogen and oxygen atoms in total. The fourth-order valence-electron chi connectivity index (χ4n) is 5.23. The standard InChI is InChI=1S/C40H74NO8P/c1-3-5-7-9-11-13-15-17-19-21-22-24-26-28-30-32-39(42)46-36-38(37-48-50(44,45)47-35-34-41)49-40(43)33-31-29-27-25-23-20-18-16-14-12-10-8-6-4-2/h10,12,16,18,21-22,38H,3-9,11,13-15,17,19-20,23-37,41H2,1-2H3,(H,44,45)/b12-10+,18-16+,22-21+/t38-/m1/s1. The van der Waals surface area contributed by atoms with Crippen LogP contribution in [0.15, 0.2) is 36.5 Å². The summed E-state index contributed by atoms with van der Waals surface area (Å²) < 4.78 is 32.6. The quantitative estimate of drug-likeness (QED) is 0.0277. The number of unbranched alkanes of at least 4 members (excludes halogenated alkanes) is 18. The fourth-order valence-corrected chi connectivity index (χ4v) is 6.00. The van der Waals surface area contributed by atoms with Gasteiger partial charge >= 0.3 is 19.8 Å². The summed E-state index contributed by atoms with van der Waals surface area (Å²) in [6.45, 7) is 3.65. The number of nitrogens with two attached hydrogens (primary N) is 1. The molecular weight excluding hydrogens is 653 g/mol. The molecule has 0 saturated carbocycles. The highest BCUT2D eigenvalue weighted by atomic mass is 31.2. The Labute approximate surface area is 305 Å². The van der Waals surface area contributed by atoms with Crippen molar-refractivity contribution in [1.29, 1.82) is 0 Å². The van der Waals surface area contributed by atoms with Crippen molar-refractivity contribution in [2.75, 3.05) is 26.4 Å². The lowest BCUT2D eigenvalue weighted by Crippen LogP contribution is -2.29. The Bertz CT molecular complexity index is 923. The summed E-state index contributed by atoms with van der Waals surface area (Å²) in [6, 6.07) is 0. The topological polar surface area (TPSA) is 134 Å². The van der Waals surface area contributed by atoms with E-state index in [0.29, 0.717) is 12.8 Å². The van der Waals surface area contributed by atoms with Crippen LogP contribution in [0, 0.1) is 0 Å². The van der Waals surface area contributed by atoms with Crippen LogP contribution in [0.1, 0.15) is 174 Å². The second kappa shape index (κ2) is 37.0. The van der Waals surface area contributed by atoms with Gasteiger partial charge < -0.3 is 20.1 Å². The smallest absolute Gasteiger partial charge is 0.462 e. The number of carbonyl (C=O) groups excluding carboxylic acids is 2. The number of ether oxygens (including phenoxy) is 2.